The molecule has 0 aliphatic carbocycles. The van der Waals surface area contributed by atoms with E-state index in [2.05, 4.69) is 31.3 Å². The molecule has 0 aliphatic heterocycles. The quantitative estimate of drug-likeness (QED) is 0.345. The molecule has 2 rings (SSSR count). The zero-order chi connectivity index (χ0) is 19.6. The van der Waals surface area contributed by atoms with Gasteiger partial charge in [0.1, 0.15) is 0 Å². The lowest BCUT2D eigenvalue weighted by atomic mass is 10.0. The van der Waals surface area contributed by atoms with Gasteiger partial charge in [-0.3, -0.25) is 9.59 Å². The third-order valence-electron chi connectivity index (χ3n) is 3.97. The Labute approximate surface area is 164 Å². The molecule has 0 unspecified atom stereocenters. The van der Waals surface area contributed by atoms with Crippen molar-refractivity contribution in [2.45, 2.75) is 37.5 Å². The number of nitrogens with one attached hydrogen (secondary N) is 1. The Morgan fingerprint density at radius 1 is 1.11 bits per heavy atom. The smallest absolute Gasteiger partial charge is 0.303 e. The summed E-state index contributed by atoms with van der Waals surface area (Å²) in [7, 11) is 0. The van der Waals surface area contributed by atoms with E-state index in [4.69, 9.17) is 5.11 Å². The van der Waals surface area contributed by atoms with E-state index in [1.165, 1.54) is 11.6 Å². The molecule has 0 aromatic heterocycles. The summed E-state index contributed by atoms with van der Waals surface area (Å²) in [5.74, 6) is 0.193. The highest BCUT2D eigenvalue weighted by Crippen LogP contribution is 2.27. The van der Waals surface area contributed by atoms with Gasteiger partial charge in [0.2, 0.25) is 5.91 Å². The minimum atomic E-state index is -0.788. The normalized spacial score (nSPS) is 11.1. The predicted octanol–water partition coefficient (Wildman–Crippen LogP) is 5.42. The van der Waals surface area contributed by atoms with Crippen molar-refractivity contribution in [2.24, 2.45) is 0 Å². The maximum Gasteiger partial charge on any atom is 0.303 e. The highest BCUT2D eigenvalue weighted by Gasteiger charge is 2.06. The van der Waals surface area contributed by atoms with Crippen molar-refractivity contribution < 1.29 is 14.7 Å². The van der Waals surface area contributed by atoms with Crippen molar-refractivity contribution in [3.05, 3.63) is 65.7 Å². The molecule has 0 saturated heterocycles. The van der Waals surface area contributed by atoms with Crippen molar-refractivity contribution in [1.29, 1.82) is 0 Å². The first-order valence-corrected chi connectivity index (χ1v) is 9.97. The molecule has 0 aliphatic rings. The predicted molar refractivity (Wildman–Crippen MR) is 112 cm³/mol. The second-order valence-corrected chi connectivity index (χ2v) is 7.62. The van der Waals surface area contributed by atoms with Crippen LogP contribution in [0.25, 0.3) is 6.08 Å². The zero-order valence-corrected chi connectivity index (χ0v) is 16.5. The second kappa shape index (κ2) is 10.6. The zero-order valence-electron chi connectivity index (χ0n) is 15.6. The molecule has 0 heterocycles. The van der Waals surface area contributed by atoms with E-state index in [0.717, 1.165) is 16.1 Å². The Morgan fingerprint density at radius 3 is 2.48 bits per heavy atom. The summed E-state index contributed by atoms with van der Waals surface area (Å²) in [4.78, 5) is 23.8. The van der Waals surface area contributed by atoms with Gasteiger partial charge < -0.3 is 10.4 Å². The molecule has 1 amide bonds. The third kappa shape index (κ3) is 7.31. The summed E-state index contributed by atoms with van der Waals surface area (Å²) in [6.45, 7) is 4.30. The number of hydrogen-bond donors (Lipinski definition) is 2. The van der Waals surface area contributed by atoms with E-state index in [9.17, 15) is 9.59 Å². The lowest BCUT2D eigenvalue weighted by Crippen LogP contribution is -2.08. The van der Waals surface area contributed by atoms with Crippen LogP contribution in [0.3, 0.4) is 0 Å². The molecule has 0 atom stereocenters. The summed E-state index contributed by atoms with van der Waals surface area (Å²) in [5, 5.41) is 11.6. The molecule has 27 heavy (non-hydrogen) atoms. The van der Waals surface area contributed by atoms with Gasteiger partial charge in [-0.05, 0) is 47.4 Å². The van der Waals surface area contributed by atoms with Crippen LogP contribution in [0, 0.1) is 0 Å². The second-order valence-electron chi connectivity index (χ2n) is 6.49. The van der Waals surface area contributed by atoms with E-state index in [0.29, 0.717) is 18.1 Å². The number of carbonyl (C=O) groups is 2. The van der Waals surface area contributed by atoms with Gasteiger partial charge in [-0.2, -0.15) is 0 Å². The van der Waals surface area contributed by atoms with Gasteiger partial charge in [-0.15, -0.1) is 11.8 Å². The lowest BCUT2D eigenvalue weighted by molar-refractivity contribution is -0.137. The average molecular weight is 384 g/mol. The minimum absolute atomic E-state index is 0.153. The van der Waals surface area contributed by atoms with Gasteiger partial charge in [0, 0.05) is 17.4 Å². The van der Waals surface area contributed by atoms with Crippen molar-refractivity contribution in [3.8, 4) is 0 Å². The molecular weight excluding hydrogens is 358 g/mol. The summed E-state index contributed by atoms with van der Waals surface area (Å²) < 4.78 is 0. The Kier molecular flexibility index (Phi) is 8.14. The van der Waals surface area contributed by atoms with Crippen LogP contribution in [-0.4, -0.2) is 22.7 Å². The van der Waals surface area contributed by atoms with Gasteiger partial charge in [0.25, 0.3) is 0 Å². The molecule has 0 spiro atoms. The number of anilines is 1. The molecule has 0 bridgehead atoms. The number of aliphatic carboxylic acids is 1. The van der Waals surface area contributed by atoms with Crippen molar-refractivity contribution in [2.75, 3.05) is 11.1 Å². The number of amides is 1. The highest BCUT2D eigenvalue weighted by molar-refractivity contribution is 7.99. The van der Waals surface area contributed by atoms with Gasteiger partial charge in [0.15, 0.2) is 0 Å². The largest absolute Gasteiger partial charge is 0.481 e. The monoisotopic (exact) mass is 383 g/mol. The van der Waals surface area contributed by atoms with E-state index in [-0.39, 0.29) is 12.3 Å². The Morgan fingerprint density at radius 2 is 1.81 bits per heavy atom. The van der Waals surface area contributed by atoms with Crippen LogP contribution in [0.4, 0.5) is 5.69 Å². The van der Waals surface area contributed by atoms with Crippen LogP contribution in [0.5, 0.6) is 0 Å². The lowest BCUT2D eigenvalue weighted by Gasteiger charge is -2.09. The summed E-state index contributed by atoms with van der Waals surface area (Å²) in [6.07, 6.45) is 4.06. The van der Waals surface area contributed by atoms with Crippen molar-refractivity contribution in [3.63, 3.8) is 0 Å². The molecule has 5 heteroatoms. The first-order chi connectivity index (χ1) is 13.0. The van der Waals surface area contributed by atoms with Gasteiger partial charge in [0.05, 0.1) is 5.69 Å². The Hall–Kier alpha value is -2.53. The number of hydrogen-bond acceptors (Lipinski definition) is 3. The SMILES string of the molecule is CC(C)c1ccc(/C=C/C(=O)Nc2ccccc2SCCCC(=O)O)cc1. The van der Waals surface area contributed by atoms with Crippen LogP contribution >= 0.6 is 11.8 Å². The maximum absolute atomic E-state index is 12.2. The van der Waals surface area contributed by atoms with Crippen LogP contribution in [-0.2, 0) is 9.59 Å². The number of carboxylic acids is 1. The molecule has 0 fully saturated rings. The van der Waals surface area contributed by atoms with Crippen LogP contribution in [0.15, 0.2) is 59.5 Å². The van der Waals surface area contributed by atoms with Crippen molar-refractivity contribution in [1.82, 2.24) is 0 Å². The van der Waals surface area contributed by atoms with Crippen molar-refractivity contribution >= 4 is 35.4 Å². The van der Waals surface area contributed by atoms with Crippen LogP contribution in [0.2, 0.25) is 0 Å². The minimum Gasteiger partial charge on any atom is -0.481 e. The summed E-state index contributed by atoms with van der Waals surface area (Å²) in [6, 6.07) is 15.7. The van der Waals surface area contributed by atoms with Crippen LogP contribution < -0.4 is 5.32 Å². The molecule has 0 radical (unpaired) electrons. The third-order valence-corrected chi connectivity index (χ3v) is 5.13. The van der Waals surface area contributed by atoms with E-state index in [1.807, 2.05) is 36.4 Å². The molecule has 0 saturated carbocycles. The van der Waals surface area contributed by atoms with Gasteiger partial charge in [-0.25, -0.2) is 0 Å². The maximum atomic E-state index is 12.2. The fourth-order valence-electron chi connectivity index (χ4n) is 2.44. The number of carbonyl (C=O) groups excluding carboxylic acids is 1. The van der Waals surface area contributed by atoms with Crippen LogP contribution in [0.1, 0.15) is 43.7 Å². The highest BCUT2D eigenvalue weighted by atomic mass is 32.2. The average Bonchev–Trinajstić information content (AvgIpc) is 2.65. The Balaban J connectivity index is 1.93. The molecule has 2 N–H and O–H groups in total. The van der Waals surface area contributed by atoms with E-state index >= 15 is 0 Å². The number of para-hydroxylation sites is 1. The fourth-order valence-corrected chi connectivity index (χ4v) is 3.40. The topological polar surface area (TPSA) is 66.4 Å². The Bertz CT molecular complexity index is 797. The van der Waals surface area contributed by atoms with E-state index in [1.54, 1.807) is 17.8 Å². The van der Waals surface area contributed by atoms with E-state index < -0.39 is 5.97 Å². The number of benzene rings is 2. The molecule has 142 valence electrons. The molecule has 2 aromatic carbocycles. The number of rotatable bonds is 9. The van der Waals surface area contributed by atoms with Gasteiger partial charge >= 0.3 is 5.97 Å². The summed E-state index contributed by atoms with van der Waals surface area (Å²) >= 11 is 1.55. The molecular formula is C22H25NO3S. The first kappa shape index (κ1) is 20.8. The number of thioether (sulfide) groups is 1. The summed E-state index contributed by atoms with van der Waals surface area (Å²) in [5.41, 5.74) is 2.99. The molecule has 2 aromatic rings. The first-order valence-electron chi connectivity index (χ1n) is 8.98. The van der Waals surface area contributed by atoms with Gasteiger partial charge in [-0.1, -0.05) is 50.2 Å². The fraction of sp³-hybridized carbons (Fsp3) is 0.273. The molecule has 4 nitrogen and oxygen atoms in total. The standard InChI is InChI=1S/C22H25NO3S/c1-16(2)18-12-9-17(10-13-18)11-14-21(24)23-19-6-3-4-7-20(19)27-15-5-8-22(25)26/h3-4,6-7,9-14,16H,5,8,15H2,1-2H3,(H,23,24)(H,25,26)/b14-11+. The number of carboxylic acid groups (broad SMARTS) is 1.